The Kier molecular flexibility index (Phi) is 5.91. The number of methoxy groups -OCH3 is 1. The van der Waals surface area contributed by atoms with Crippen molar-refractivity contribution in [3.05, 3.63) is 26.6 Å². The Bertz CT molecular complexity index is 912. The topological polar surface area (TPSA) is 103 Å². The smallest absolute Gasteiger partial charge is 0.348 e. The molecule has 0 spiro atoms. The third-order valence-electron chi connectivity index (χ3n) is 4.95. The van der Waals surface area contributed by atoms with Crippen LogP contribution in [0.5, 0.6) is 0 Å². The van der Waals surface area contributed by atoms with Gasteiger partial charge in [0.15, 0.2) is 5.82 Å². The van der Waals surface area contributed by atoms with Crippen LogP contribution in [0, 0.1) is 12.8 Å². The van der Waals surface area contributed by atoms with Gasteiger partial charge in [-0.2, -0.15) is 0 Å². The monoisotopic (exact) mass is 394 g/mol. The predicted octanol–water partition coefficient (Wildman–Crippen LogP) is 0.438. The van der Waals surface area contributed by atoms with Crippen LogP contribution in [0.2, 0.25) is 0 Å². The molecular weight excluding hydrogens is 370 g/mol. The van der Waals surface area contributed by atoms with Gasteiger partial charge in [0.05, 0.1) is 38.1 Å². The van der Waals surface area contributed by atoms with Crippen molar-refractivity contribution in [2.45, 2.75) is 33.2 Å². The van der Waals surface area contributed by atoms with E-state index in [1.807, 2.05) is 6.92 Å². The van der Waals surface area contributed by atoms with Crippen molar-refractivity contribution >= 4 is 33.5 Å². The van der Waals surface area contributed by atoms with E-state index in [9.17, 15) is 14.4 Å². The van der Waals surface area contributed by atoms with Crippen LogP contribution in [0.25, 0.3) is 10.2 Å². The van der Waals surface area contributed by atoms with Crippen LogP contribution < -0.4 is 10.5 Å². The van der Waals surface area contributed by atoms with Crippen molar-refractivity contribution in [3.63, 3.8) is 0 Å². The van der Waals surface area contributed by atoms with Gasteiger partial charge >= 0.3 is 11.9 Å². The predicted molar refractivity (Wildman–Crippen MR) is 100 cm³/mol. The first-order valence-corrected chi connectivity index (χ1v) is 9.87. The molecule has 2 aromatic rings. The molecule has 0 aromatic carbocycles. The summed E-state index contributed by atoms with van der Waals surface area (Å²) in [5, 5.41) is 0.445. The maximum atomic E-state index is 12.5. The van der Waals surface area contributed by atoms with Crippen LogP contribution in [-0.2, 0) is 20.8 Å². The Balaban J connectivity index is 1.74. The van der Waals surface area contributed by atoms with Crippen LogP contribution in [-0.4, -0.2) is 48.7 Å². The number of H-pyrrole nitrogens is 1. The molecule has 3 heterocycles. The lowest BCUT2D eigenvalue weighted by Crippen LogP contribution is -3.12. The zero-order chi connectivity index (χ0) is 19.6. The molecule has 0 bridgehead atoms. The second kappa shape index (κ2) is 8.18. The number of fused-ring (bicyclic) bond motifs is 1. The average molecular weight is 394 g/mol. The fraction of sp³-hybridized carbons (Fsp3) is 0.556. The van der Waals surface area contributed by atoms with Crippen molar-refractivity contribution in [1.29, 1.82) is 0 Å². The normalized spacial score (nSPS) is 19.8. The van der Waals surface area contributed by atoms with Gasteiger partial charge in [-0.15, -0.1) is 11.3 Å². The molecule has 27 heavy (non-hydrogen) atoms. The number of piperidine rings is 1. The van der Waals surface area contributed by atoms with Crippen LogP contribution >= 0.6 is 11.3 Å². The number of ether oxygens (including phenoxy) is 2. The quantitative estimate of drug-likeness (QED) is 0.714. The molecule has 1 aliphatic heterocycles. The number of esters is 2. The van der Waals surface area contributed by atoms with E-state index in [1.54, 1.807) is 6.92 Å². The number of carbonyl (C=O) groups is 2. The lowest BCUT2D eigenvalue weighted by atomic mass is 9.97. The van der Waals surface area contributed by atoms with Gasteiger partial charge < -0.3 is 19.4 Å². The second-order valence-electron chi connectivity index (χ2n) is 6.69. The van der Waals surface area contributed by atoms with Gasteiger partial charge in [-0.3, -0.25) is 9.59 Å². The van der Waals surface area contributed by atoms with E-state index >= 15 is 0 Å². The molecule has 1 saturated heterocycles. The molecule has 0 unspecified atom stereocenters. The molecule has 9 heteroatoms. The lowest BCUT2D eigenvalue weighted by Gasteiger charge is -2.27. The number of likely N-dealkylation sites (tertiary alicyclic amines) is 1. The summed E-state index contributed by atoms with van der Waals surface area (Å²) in [5.74, 6) is -0.0162. The number of nitrogens with zero attached hydrogens (tertiary/aromatic N) is 1. The highest BCUT2D eigenvalue weighted by molar-refractivity contribution is 7.20. The van der Waals surface area contributed by atoms with E-state index in [1.165, 1.54) is 23.3 Å². The fourth-order valence-electron chi connectivity index (χ4n) is 3.50. The maximum absolute atomic E-state index is 12.5. The number of aromatic amines is 1. The number of rotatable bonds is 5. The molecule has 1 aliphatic rings. The zero-order valence-corrected chi connectivity index (χ0v) is 16.5. The second-order valence-corrected chi connectivity index (χ2v) is 7.69. The molecule has 8 nitrogen and oxygen atoms in total. The first kappa shape index (κ1) is 19.5. The average Bonchev–Trinajstić information content (AvgIpc) is 2.99. The third-order valence-corrected chi connectivity index (χ3v) is 6.12. The van der Waals surface area contributed by atoms with E-state index in [-0.39, 0.29) is 17.4 Å². The highest BCUT2D eigenvalue weighted by Crippen LogP contribution is 2.27. The van der Waals surface area contributed by atoms with Gasteiger partial charge in [-0.05, 0) is 19.4 Å². The first-order valence-electron chi connectivity index (χ1n) is 9.05. The standard InChI is InChI=1S/C18H23N3O5S/c1-4-26-17(23)11-5-7-21(8-6-11)9-12-19-15(22)13-10(2)14(18(24)25-3)27-16(13)20-12/h11H,4-9H2,1-3H3,(H,19,20,22)/p+1. The summed E-state index contributed by atoms with van der Waals surface area (Å²) in [5.41, 5.74) is 0.365. The molecule has 3 rings (SSSR count). The fourth-order valence-corrected chi connectivity index (χ4v) is 4.61. The molecule has 0 amide bonds. The number of nitrogens with one attached hydrogen (secondary N) is 2. The van der Waals surface area contributed by atoms with Crippen molar-refractivity contribution in [3.8, 4) is 0 Å². The largest absolute Gasteiger partial charge is 0.466 e. The van der Waals surface area contributed by atoms with Crippen LogP contribution in [0.4, 0.5) is 0 Å². The summed E-state index contributed by atoms with van der Waals surface area (Å²) in [6, 6.07) is 0. The van der Waals surface area contributed by atoms with Crippen molar-refractivity contribution < 1.29 is 24.0 Å². The molecule has 0 saturated carbocycles. The Morgan fingerprint density at radius 1 is 1.33 bits per heavy atom. The Hall–Kier alpha value is -2.26. The number of quaternary nitrogens is 1. The lowest BCUT2D eigenvalue weighted by molar-refractivity contribution is -0.920. The van der Waals surface area contributed by atoms with E-state index in [0.717, 1.165) is 25.9 Å². The number of aryl methyl sites for hydroxylation is 1. The number of carbonyl (C=O) groups excluding carboxylic acids is 2. The zero-order valence-electron chi connectivity index (χ0n) is 15.7. The van der Waals surface area contributed by atoms with Crippen LogP contribution in [0.15, 0.2) is 4.79 Å². The van der Waals surface area contributed by atoms with Gasteiger partial charge in [0, 0.05) is 12.8 Å². The highest BCUT2D eigenvalue weighted by atomic mass is 32.1. The van der Waals surface area contributed by atoms with Gasteiger partial charge in [0.1, 0.15) is 16.3 Å². The minimum atomic E-state index is -0.455. The minimum Gasteiger partial charge on any atom is -0.466 e. The molecule has 0 atom stereocenters. The van der Waals surface area contributed by atoms with E-state index in [2.05, 4.69) is 9.97 Å². The van der Waals surface area contributed by atoms with Gasteiger partial charge in [0.2, 0.25) is 0 Å². The molecular formula is C18H24N3O5S+. The highest BCUT2D eigenvalue weighted by Gasteiger charge is 2.29. The van der Waals surface area contributed by atoms with Gasteiger partial charge in [-0.25, -0.2) is 9.78 Å². The number of aromatic nitrogens is 2. The van der Waals surface area contributed by atoms with Crippen LogP contribution in [0.1, 0.15) is 40.8 Å². The Morgan fingerprint density at radius 2 is 2.04 bits per heavy atom. The summed E-state index contributed by atoms with van der Waals surface area (Å²) in [4.78, 5) is 45.8. The van der Waals surface area contributed by atoms with E-state index < -0.39 is 5.97 Å². The van der Waals surface area contributed by atoms with Crippen molar-refractivity contribution in [2.75, 3.05) is 26.8 Å². The van der Waals surface area contributed by atoms with E-state index in [0.29, 0.717) is 39.6 Å². The molecule has 2 N–H and O–H groups in total. The summed E-state index contributed by atoms with van der Waals surface area (Å²) >= 11 is 1.18. The summed E-state index contributed by atoms with van der Waals surface area (Å²) < 4.78 is 9.87. The molecule has 0 radical (unpaired) electrons. The molecule has 2 aromatic heterocycles. The van der Waals surface area contributed by atoms with E-state index in [4.69, 9.17) is 9.47 Å². The molecule has 146 valence electrons. The van der Waals surface area contributed by atoms with Crippen molar-refractivity contribution in [2.24, 2.45) is 5.92 Å². The summed E-state index contributed by atoms with van der Waals surface area (Å²) in [7, 11) is 1.32. The molecule has 0 aliphatic carbocycles. The van der Waals surface area contributed by atoms with Gasteiger partial charge in [-0.1, -0.05) is 0 Å². The third kappa shape index (κ3) is 4.03. The minimum absolute atomic E-state index is 0.0363. The number of hydrogen-bond acceptors (Lipinski definition) is 7. The number of hydrogen-bond donors (Lipinski definition) is 2. The van der Waals surface area contributed by atoms with Gasteiger partial charge in [0.25, 0.3) is 5.56 Å². The Morgan fingerprint density at radius 3 is 2.67 bits per heavy atom. The van der Waals surface area contributed by atoms with Crippen molar-refractivity contribution in [1.82, 2.24) is 9.97 Å². The number of thiophene rings is 1. The van der Waals surface area contributed by atoms with Crippen LogP contribution in [0.3, 0.4) is 0 Å². The summed E-state index contributed by atoms with van der Waals surface area (Å²) in [6.07, 6.45) is 1.54. The first-order chi connectivity index (χ1) is 12.9. The summed E-state index contributed by atoms with van der Waals surface area (Å²) in [6.45, 7) is 6.17. The maximum Gasteiger partial charge on any atom is 0.348 e. The molecule has 1 fully saturated rings. The Labute approximate surface area is 160 Å². The SMILES string of the molecule is CCOC(=O)C1CC[NH+](Cc2nc3sc(C(=O)OC)c(C)c3c(=O)[nH]2)CC1.